The molecular formula is C16H8BBrS3. The second-order valence-electron chi connectivity index (χ2n) is 5.22. The number of thiophene rings is 3. The maximum atomic E-state index is 3.62. The van der Waals surface area contributed by atoms with Crippen molar-refractivity contribution in [1.82, 2.24) is 0 Å². The van der Waals surface area contributed by atoms with E-state index in [4.69, 9.17) is 0 Å². The monoisotopic (exact) mass is 386 g/mol. The van der Waals surface area contributed by atoms with Crippen molar-refractivity contribution in [3.05, 3.63) is 40.2 Å². The van der Waals surface area contributed by atoms with Crippen molar-refractivity contribution < 1.29 is 0 Å². The predicted octanol–water partition coefficient (Wildman–Crippen LogP) is 5.50. The van der Waals surface area contributed by atoms with Crippen molar-refractivity contribution in [1.29, 1.82) is 0 Å². The van der Waals surface area contributed by atoms with Gasteiger partial charge >= 0.3 is 0 Å². The Kier molecular flexibility index (Phi) is 2.60. The van der Waals surface area contributed by atoms with Crippen molar-refractivity contribution in [2.45, 2.75) is 0 Å². The number of hydrogen-bond acceptors (Lipinski definition) is 3. The topological polar surface area (TPSA) is 0 Å². The smallest absolute Gasteiger partial charge is 0.151 e. The van der Waals surface area contributed by atoms with Gasteiger partial charge in [0.1, 0.15) is 0 Å². The van der Waals surface area contributed by atoms with Crippen LogP contribution < -0.4 is 4.78 Å². The Morgan fingerprint density at radius 2 is 1.33 bits per heavy atom. The standard InChI is InChI=1S/C16H8BBrS3/c17-13-5-9-11(19-13)3-1-7-8-2-4-12-10(6-14(18)20-12)16(8)21-15(7)9/h1-6H,17H2. The van der Waals surface area contributed by atoms with Gasteiger partial charge in [0.2, 0.25) is 0 Å². The number of fused-ring (bicyclic) bond motifs is 7. The van der Waals surface area contributed by atoms with Crippen molar-refractivity contribution >= 4 is 103 Å². The average molecular weight is 387 g/mol. The fourth-order valence-corrected chi connectivity index (χ4v) is 6.96. The summed E-state index contributed by atoms with van der Waals surface area (Å²) in [6, 6.07) is 13.7. The molecule has 21 heavy (non-hydrogen) atoms. The average Bonchev–Trinajstić information content (AvgIpc) is 3.09. The van der Waals surface area contributed by atoms with Crippen molar-refractivity contribution in [3.63, 3.8) is 0 Å². The number of rotatable bonds is 0. The maximum Gasteiger partial charge on any atom is 0.152 e. The van der Waals surface area contributed by atoms with Crippen LogP contribution in [0.25, 0.3) is 40.3 Å². The van der Waals surface area contributed by atoms with Crippen LogP contribution in [0.1, 0.15) is 0 Å². The van der Waals surface area contributed by atoms with E-state index in [0.717, 1.165) is 0 Å². The first kappa shape index (κ1) is 12.6. The third-order valence-electron chi connectivity index (χ3n) is 3.89. The van der Waals surface area contributed by atoms with E-state index in [0.29, 0.717) is 0 Å². The van der Waals surface area contributed by atoms with Gasteiger partial charge in [0.05, 0.1) is 3.79 Å². The van der Waals surface area contributed by atoms with Crippen molar-refractivity contribution in [2.24, 2.45) is 0 Å². The molecule has 0 aliphatic heterocycles. The zero-order chi connectivity index (χ0) is 14.1. The van der Waals surface area contributed by atoms with Gasteiger partial charge in [-0.15, -0.1) is 22.7 Å². The molecule has 0 unspecified atom stereocenters. The van der Waals surface area contributed by atoms with E-state index >= 15 is 0 Å². The van der Waals surface area contributed by atoms with Gasteiger partial charge in [0.15, 0.2) is 7.85 Å². The molecule has 0 amide bonds. The Morgan fingerprint density at radius 3 is 2.05 bits per heavy atom. The molecule has 0 atom stereocenters. The molecule has 0 spiro atoms. The fourth-order valence-electron chi connectivity index (χ4n) is 3.01. The third kappa shape index (κ3) is 1.72. The van der Waals surface area contributed by atoms with E-state index < -0.39 is 0 Å². The predicted molar refractivity (Wildman–Crippen MR) is 106 cm³/mol. The molecule has 0 aliphatic carbocycles. The van der Waals surface area contributed by atoms with Crippen molar-refractivity contribution in [3.8, 4) is 0 Å². The van der Waals surface area contributed by atoms with E-state index in [-0.39, 0.29) is 0 Å². The highest BCUT2D eigenvalue weighted by atomic mass is 79.9. The summed E-state index contributed by atoms with van der Waals surface area (Å²) in [5.41, 5.74) is 0. The number of halogens is 1. The number of hydrogen-bond donors (Lipinski definition) is 0. The van der Waals surface area contributed by atoms with Crippen LogP contribution in [-0.2, 0) is 0 Å². The molecule has 3 heterocycles. The number of benzene rings is 2. The lowest BCUT2D eigenvalue weighted by Crippen LogP contribution is -1.88. The molecule has 0 saturated carbocycles. The zero-order valence-corrected chi connectivity index (χ0v) is 15.1. The molecule has 5 heteroatoms. The lowest BCUT2D eigenvalue weighted by molar-refractivity contribution is 1.99. The van der Waals surface area contributed by atoms with E-state index in [2.05, 4.69) is 60.2 Å². The zero-order valence-electron chi connectivity index (χ0n) is 11.1. The molecule has 0 nitrogen and oxygen atoms in total. The Labute approximate surface area is 142 Å². The quantitative estimate of drug-likeness (QED) is 0.308. The Balaban J connectivity index is 2.07. The summed E-state index contributed by atoms with van der Waals surface area (Å²) in [4.78, 5) is 0. The molecule has 0 radical (unpaired) electrons. The normalized spacial score (nSPS) is 12.2. The molecule has 100 valence electrons. The fraction of sp³-hybridized carbons (Fsp3) is 0. The molecule has 0 fully saturated rings. The molecule has 0 saturated heterocycles. The van der Waals surface area contributed by atoms with Crippen LogP contribution >= 0.6 is 49.9 Å². The SMILES string of the molecule is Bc1cc2c(ccc3c4ccc5sc(Br)cc5c4sc23)s1. The van der Waals surface area contributed by atoms with Crippen LogP contribution in [-0.4, -0.2) is 7.85 Å². The summed E-state index contributed by atoms with van der Waals surface area (Å²) in [5.74, 6) is 0. The van der Waals surface area contributed by atoms with Crippen LogP contribution in [0, 0.1) is 0 Å². The first-order valence-electron chi connectivity index (χ1n) is 6.64. The van der Waals surface area contributed by atoms with Crippen LogP contribution in [0.15, 0.2) is 40.2 Å². The summed E-state index contributed by atoms with van der Waals surface area (Å²) in [6.07, 6.45) is 0. The molecular weight excluding hydrogens is 379 g/mol. The first-order chi connectivity index (χ1) is 10.2. The van der Waals surface area contributed by atoms with Gasteiger partial charge < -0.3 is 0 Å². The Bertz CT molecular complexity index is 1070. The minimum Gasteiger partial charge on any atom is -0.151 e. The van der Waals surface area contributed by atoms with Crippen LogP contribution in [0.5, 0.6) is 0 Å². The van der Waals surface area contributed by atoms with Crippen LogP contribution in [0.2, 0.25) is 0 Å². The maximum absolute atomic E-state index is 3.62. The van der Waals surface area contributed by atoms with Crippen LogP contribution in [0.3, 0.4) is 0 Å². The van der Waals surface area contributed by atoms with Gasteiger partial charge in [-0.25, -0.2) is 0 Å². The summed E-state index contributed by atoms with van der Waals surface area (Å²) < 4.78 is 8.20. The molecule has 3 aromatic heterocycles. The molecule has 0 bridgehead atoms. The lowest BCUT2D eigenvalue weighted by atomic mass is 10.1. The highest BCUT2D eigenvalue weighted by Crippen LogP contribution is 2.44. The second-order valence-corrected chi connectivity index (χ2v) is 9.99. The minimum atomic E-state index is 1.21. The molecule has 5 aromatic rings. The van der Waals surface area contributed by atoms with E-state index in [1.165, 1.54) is 48.9 Å². The minimum absolute atomic E-state index is 1.21. The Morgan fingerprint density at radius 1 is 0.714 bits per heavy atom. The highest BCUT2D eigenvalue weighted by molar-refractivity contribution is 9.11. The molecule has 2 aromatic carbocycles. The summed E-state index contributed by atoms with van der Waals surface area (Å²) in [6.45, 7) is 0. The van der Waals surface area contributed by atoms with Crippen molar-refractivity contribution in [2.75, 3.05) is 0 Å². The first-order valence-corrected chi connectivity index (χ1v) is 9.88. The summed E-state index contributed by atoms with van der Waals surface area (Å²) in [7, 11) is 2.19. The Hall–Kier alpha value is -0.875. The highest BCUT2D eigenvalue weighted by Gasteiger charge is 2.13. The van der Waals surface area contributed by atoms with Gasteiger partial charge in [0, 0.05) is 40.3 Å². The van der Waals surface area contributed by atoms with E-state index in [1.807, 2.05) is 34.0 Å². The molecule has 0 aliphatic rings. The third-order valence-corrected chi connectivity index (χ3v) is 7.80. The summed E-state index contributed by atoms with van der Waals surface area (Å²) in [5, 5.41) is 5.58. The van der Waals surface area contributed by atoms with Gasteiger partial charge in [-0.2, -0.15) is 11.3 Å². The molecule has 5 rings (SSSR count). The van der Waals surface area contributed by atoms with Gasteiger partial charge in [-0.05, 0) is 45.0 Å². The largest absolute Gasteiger partial charge is 0.152 e. The second kappa shape index (κ2) is 4.32. The van der Waals surface area contributed by atoms with E-state index in [9.17, 15) is 0 Å². The van der Waals surface area contributed by atoms with Gasteiger partial charge in [-0.3, -0.25) is 0 Å². The van der Waals surface area contributed by atoms with Gasteiger partial charge in [0.25, 0.3) is 0 Å². The molecule has 0 N–H and O–H groups in total. The van der Waals surface area contributed by atoms with E-state index in [1.54, 1.807) is 0 Å². The summed E-state index contributed by atoms with van der Waals surface area (Å²) >= 11 is 9.26. The lowest BCUT2D eigenvalue weighted by Gasteiger charge is -1.93. The van der Waals surface area contributed by atoms with Crippen LogP contribution in [0.4, 0.5) is 0 Å². The van der Waals surface area contributed by atoms with Gasteiger partial charge in [-0.1, -0.05) is 12.1 Å².